The maximum Gasteiger partial charge on any atom is 0.410 e. The fraction of sp³-hybridized carbons (Fsp3) is 0.929. The molecule has 0 spiro atoms. The van der Waals surface area contributed by atoms with Crippen LogP contribution in [0.3, 0.4) is 0 Å². The van der Waals surface area contributed by atoms with Gasteiger partial charge in [-0.25, -0.2) is 4.79 Å². The van der Waals surface area contributed by atoms with Crippen LogP contribution in [0.4, 0.5) is 4.79 Å². The molecule has 2 fully saturated rings. The van der Waals surface area contributed by atoms with Gasteiger partial charge in [-0.15, -0.1) is 0 Å². The van der Waals surface area contributed by atoms with Gasteiger partial charge in [-0.3, -0.25) is 0 Å². The third-order valence-corrected chi connectivity index (χ3v) is 4.09. The highest BCUT2D eigenvalue weighted by Gasteiger charge is 2.41. The predicted molar refractivity (Wildman–Crippen MR) is 77.7 cm³/mol. The van der Waals surface area contributed by atoms with Crippen LogP contribution in [0, 0.1) is 17.8 Å². The molecule has 2 heterocycles. The van der Waals surface area contributed by atoms with Crippen molar-refractivity contribution in [2.24, 2.45) is 22.9 Å². The lowest BCUT2D eigenvalue weighted by atomic mass is 9.83. The van der Waals surface area contributed by atoms with E-state index < -0.39 is 5.60 Å². The molecule has 0 aliphatic carbocycles. The Balaban J connectivity index is 2.02. The molecule has 0 N–H and O–H groups in total. The van der Waals surface area contributed by atoms with Crippen LogP contribution in [0.1, 0.15) is 27.2 Å². The molecule has 118 valence electrons. The second kappa shape index (κ2) is 6.54. The first-order valence-electron chi connectivity index (χ1n) is 7.47. The van der Waals surface area contributed by atoms with Crippen LogP contribution >= 0.6 is 0 Å². The van der Waals surface area contributed by atoms with Gasteiger partial charge in [-0.1, -0.05) is 5.11 Å². The molecule has 0 aromatic rings. The Labute approximate surface area is 125 Å². The molecule has 1 amide bonds. The van der Waals surface area contributed by atoms with Crippen LogP contribution < -0.4 is 0 Å². The Morgan fingerprint density at radius 3 is 2.81 bits per heavy atom. The number of carbonyl (C=O) groups is 1. The van der Waals surface area contributed by atoms with Gasteiger partial charge >= 0.3 is 6.09 Å². The molecule has 2 rings (SSSR count). The number of rotatable bonds is 3. The Morgan fingerprint density at radius 1 is 1.48 bits per heavy atom. The largest absolute Gasteiger partial charge is 0.444 e. The van der Waals surface area contributed by atoms with Crippen molar-refractivity contribution >= 4 is 6.09 Å². The van der Waals surface area contributed by atoms with Crippen molar-refractivity contribution < 1.29 is 14.3 Å². The van der Waals surface area contributed by atoms with Gasteiger partial charge in [0.2, 0.25) is 0 Å². The molecular formula is C14H24N4O3. The van der Waals surface area contributed by atoms with E-state index in [0.717, 1.165) is 19.6 Å². The van der Waals surface area contributed by atoms with Crippen molar-refractivity contribution in [1.82, 2.24) is 4.90 Å². The standard InChI is InChI=1S/C14H24N4O3/c1-14(2,3)21-13(19)18-7-11(6-16-17-15)12(8-18)10-4-5-20-9-10/h10-12H,4-9H2,1-3H3. The van der Waals surface area contributed by atoms with Crippen LogP contribution in [0.15, 0.2) is 5.11 Å². The molecule has 3 unspecified atom stereocenters. The summed E-state index contributed by atoms with van der Waals surface area (Å²) in [5.74, 6) is 0.960. The lowest BCUT2D eigenvalue weighted by Gasteiger charge is -2.25. The highest BCUT2D eigenvalue weighted by molar-refractivity contribution is 5.68. The molecule has 2 aliphatic heterocycles. The van der Waals surface area contributed by atoms with Crippen molar-refractivity contribution in [1.29, 1.82) is 0 Å². The molecule has 0 aromatic heterocycles. The Hall–Kier alpha value is -1.46. The van der Waals surface area contributed by atoms with E-state index >= 15 is 0 Å². The number of hydrogen-bond donors (Lipinski definition) is 0. The second-order valence-electron chi connectivity index (χ2n) is 6.85. The zero-order valence-corrected chi connectivity index (χ0v) is 13.0. The van der Waals surface area contributed by atoms with Gasteiger partial charge in [0.1, 0.15) is 5.60 Å². The predicted octanol–water partition coefficient (Wildman–Crippen LogP) is 2.82. The Kier molecular flexibility index (Phi) is 4.96. The van der Waals surface area contributed by atoms with Crippen molar-refractivity contribution in [2.75, 3.05) is 32.8 Å². The minimum Gasteiger partial charge on any atom is -0.444 e. The summed E-state index contributed by atoms with van der Waals surface area (Å²) in [6, 6.07) is 0. The molecular weight excluding hydrogens is 272 g/mol. The average molecular weight is 296 g/mol. The number of azide groups is 1. The molecule has 3 atom stereocenters. The van der Waals surface area contributed by atoms with Crippen LogP contribution in [0.5, 0.6) is 0 Å². The summed E-state index contributed by atoms with van der Waals surface area (Å²) in [5, 5.41) is 3.70. The van der Waals surface area contributed by atoms with Crippen molar-refractivity contribution in [3.63, 3.8) is 0 Å². The molecule has 0 aromatic carbocycles. The molecule has 0 radical (unpaired) electrons. The van der Waals surface area contributed by atoms with Gasteiger partial charge in [0.25, 0.3) is 0 Å². The summed E-state index contributed by atoms with van der Waals surface area (Å²) in [5.41, 5.74) is 8.04. The highest BCUT2D eigenvalue weighted by Crippen LogP contribution is 2.35. The number of ether oxygens (including phenoxy) is 2. The van der Waals surface area contributed by atoms with Gasteiger partial charge in [0.15, 0.2) is 0 Å². The van der Waals surface area contributed by atoms with E-state index in [1.165, 1.54) is 0 Å². The Bertz CT molecular complexity index is 422. The monoisotopic (exact) mass is 296 g/mol. The third kappa shape index (κ3) is 4.25. The van der Waals surface area contributed by atoms with Crippen molar-refractivity contribution in [3.8, 4) is 0 Å². The summed E-state index contributed by atoms with van der Waals surface area (Å²) in [7, 11) is 0. The summed E-state index contributed by atoms with van der Waals surface area (Å²) in [4.78, 5) is 16.8. The van der Waals surface area contributed by atoms with E-state index in [1.807, 2.05) is 20.8 Å². The lowest BCUT2D eigenvalue weighted by Crippen LogP contribution is -2.36. The fourth-order valence-electron chi connectivity index (χ4n) is 3.13. The highest BCUT2D eigenvalue weighted by atomic mass is 16.6. The van der Waals surface area contributed by atoms with Crippen molar-refractivity contribution in [2.45, 2.75) is 32.8 Å². The van der Waals surface area contributed by atoms with Gasteiger partial charge in [-0.2, -0.15) is 0 Å². The zero-order valence-electron chi connectivity index (χ0n) is 13.0. The number of amides is 1. The lowest BCUT2D eigenvalue weighted by molar-refractivity contribution is 0.0280. The molecule has 7 heteroatoms. The summed E-state index contributed by atoms with van der Waals surface area (Å²) in [6.07, 6.45) is 0.731. The first-order chi connectivity index (χ1) is 9.90. The van der Waals surface area contributed by atoms with E-state index in [9.17, 15) is 4.79 Å². The average Bonchev–Trinajstić information content (AvgIpc) is 3.03. The fourth-order valence-corrected chi connectivity index (χ4v) is 3.13. The maximum absolute atomic E-state index is 12.2. The molecule has 2 saturated heterocycles. The van der Waals surface area contributed by atoms with Gasteiger partial charge in [0, 0.05) is 37.8 Å². The van der Waals surface area contributed by atoms with Crippen LogP contribution in [0.25, 0.3) is 10.4 Å². The van der Waals surface area contributed by atoms with Crippen molar-refractivity contribution in [3.05, 3.63) is 10.4 Å². The minimum atomic E-state index is -0.494. The summed E-state index contributed by atoms with van der Waals surface area (Å²) < 4.78 is 10.9. The SMILES string of the molecule is CC(C)(C)OC(=O)N1CC(CN=[N+]=[N-])C(C2CCOC2)C1. The molecule has 0 bridgehead atoms. The first-order valence-corrected chi connectivity index (χ1v) is 7.47. The summed E-state index contributed by atoms with van der Waals surface area (Å²) >= 11 is 0. The van der Waals surface area contributed by atoms with Gasteiger partial charge < -0.3 is 14.4 Å². The molecule has 2 aliphatic rings. The third-order valence-electron chi connectivity index (χ3n) is 4.09. The maximum atomic E-state index is 12.2. The zero-order chi connectivity index (χ0) is 15.5. The van der Waals surface area contributed by atoms with E-state index in [-0.39, 0.29) is 12.0 Å². The van der Waals surface area contributed by atoms with Gasteiger partial charge in [-0.05, 0) is 50.5 Å². The van der Waals surface area contributed by atoms with E-state index in [4.69, 9.17) is 15.0 Å². The number of nitrogens with zero attached hydrogens (tertiary/aromatic N) is 4. The minimum absolute atomic E-state index is 0.195. The van der Waals surface area contributed by atoms with Crippen LogP contribution in [-0.4, -0.2) is 49.4 Å². The summed E-state index contributed by atoms with van der Waals surface area (Å²) in [6.45, 7) is 8.78. The van der Waals surface area contributed by atoms with Crippen LogP contribution in [0.2, 0.25) is 0 Å². The molecule has 21 heavy (non-hydrogen) atoms. The van der Waals surface area contributed by atoms with E-state index in [2.05, 4.69) is 10.0 Å². The smallest absolute Gasteiger partial charge is 0.410 e. The normalized spacial score (nSPS) is 29.3. The molecule has 0 saturated carbocycles. The van der Waals surface area contributed by atoms with E-state index in [0.29, 0.717) is 31.5 Å². The number of carbonyl (C=O) groups excluding carboxylic acids is 1. The van der Waals surface area contributed by atoms with Crippen LogP contribution in [-0.2, 0) is 9.47 Å². The number of likely N-dealkylation sites (tertiary alicyclic amines) is 1. The molecule has 7 nitrogen and oxygen atoms in total. The quantitative estimate of drug-likeness (QED) is 0.456. The van der Waals surface area contributed by atoms with Gasteiger partial charge in [0.05, 0.1) is 0 Å². The Morgan fingerprint density at radius 2 is 2.24 bits per heavy atom. The topological polar surface area (TPSA) is 87.5 Å². The second-order valence-corrected chi connectivity index (χ2v) is 6.85. The van der Waals surface area contributed by atoms with E-state index in [1.54, 1.807) is 4.90 Å². The first kappa shape index (κ1) is 15.9. The number of hydrogen-bond acceptors (Lipinski definition) is 4.